The van der Waals surface area contributed by atoms with Gasteiger partial charge in [-0.15, -0.1) is 0 Å². The fourth-order valence-electron chi connectivity index (χ4n) is 2.75. The molecule has 0 radical (unpaired) electrons. The Hall–Kier alpha value is -1.72. The molecule has 2 N–H and O–H groups in total. The Balaban J connectivity index is 2.08. The highest BCUT2D eigenvalue weighted by Gasteiger charge is 2.33. The molecule has 0 saturated heterocycles. The second-order valence-corrected chi connectivity index (χ2v) is 5.27. The van der Waals surface area contributed by atoms with Crippen LogP contribution in [-0.4, -0.2) is 9.55 Å². The Morgan fingerprint density at radius 1 is 1.32 bits per heavy atom. The lowest BCUT2D eigenvalue weighted by Crippen LogP contribution is -2.25. The van der Waals surface area contributed by atoms with Crippen molar-refractivity contribution in [3.05, 3.63) is 23.8 Å². The van der Waals surface area contributed by atoms with E-state index in [2.05, 4.69) is 11.9 Å². The van der Waals surface area contributed by atoms with E-state index in [0.29, 0.717) is 22.9 Å². The molecule has 0 spiro atoms. The SMILES string of the molecule is CC1CC(n2c(N)nc3cc(C(F)(F)F)ccc32)C1. The van der Waals surface area contributed by atoms with Crippen LogP contribution in [0.5, 0.6) is 0 Å². The standard InChI is InChI=1S/C13H14F3N3/c1-7-4-9(5-7)19-11-3-2-8(13(14,15)16)6-10(11)18-12(19)17/h2-3,6-7,9H,4-5H2,1H3,(H2,17,18). The molecule has 1 saturated carbocycles. The van der Waals surface area contributed by atoms with Crippen LogP contribution in [0, 0.1) is 5.92 Å². The van der Waals surface area contributed by atoms with E-state index in [9.17, 15) is 13.2 Å². The van der Waals surface area contributed by atoms with Crippen LogP contribution >= 0.6 is 0 Å². The first-order chi connectivity index (χ1) is 8.86. The largest absolute Gasteiger partial charge is 0.416 e. The van der Waals surface area contributed by atoms with Crippen LogP contribution in [0.4, 0.5) is 19.1 Å². The van der Waals surface area contributed by atoms with Gasteiger partial charge in [0.15, 0.2) is 0 Å². The van der Waals surface area contributed by atoms with Crippen molar-refractivity contribution >= 4 is 17.0 Å². The lowest BCUT2D eigenvalue weighted by molar-refractivity contribution is -0.137. The van der Waals surface area contributed by atoms with E-state index in [1.807, 2.05) is 4.57 Å². The van der Waals surface area contributed by atoms with Crippen LogP contribution in [0.2, 0.25) is 0 Å². The average molecular weight is 269 g/mol. The van der Waals surface area contributed by atoms with Gasteiger partial charge in [-0.1, -0.05) is 6.92 Å². The Bertz CT molecular complexity index is 624. The number of alkyl halides is 3. The van der Waals surface area contributed by atoms with Gasteiger partial charge in [-0.2, -0.15) is 13.2 Å². The third-order valence-corrected chi connectivity index (χ3v) is 3.76. The van der Waals surface area contributed by atoms with Gasteiger partial charge >= 0.3 is 6.18 Å². The van der Waals surface area contributed by atoms with E-state index in [4.69, 9.17) is 5.73 Å². The summed E-state index contributed by atoms with van der Waals surface area (Å²) in [7, 11) is 0. The number of imidazole rings is 1. The molecule has 1 fully saturated rings. The van der Waals surface area contributed by atoms with E-state index in [-0.39, 0.29) is 6.04 Å². The summed E-state index contributed by atoms with van der Waals surface area (Å²) >= 11 is 0. The number of nitrogens with zero attached hydrogens (tertiary/aromatic N) is 2. The molecule has 3 nitrogen and oxygen atoms in total. The van der Waals surface area contributed by atoms with Crippen LogP contribution in [0.15, 0.2) is 18.2 Å². The summed E-state index contributed by atoms with van der Waals surface area (Å²) in [5.74, 6) is 0.933. The van der Waals surface area contributed by atoms with E-state index < -0.39 is 11.7 Å². The average Bonchev–Trinajstić information content (AvgIpc) is 2.58. The number of hydrogen-bond acceptors (Lipinski definition) is 2. The van der Waals surface area contributed by atoms with Crippen LogP contribution in [0.3, 0.4) is 0 Å². The first kappa shape index (κ1) is 12.3. The number of nitrogens with two attached hydrogens (primary N) is 1. The monoisotopic (exact) mass is 269 g/mol. The maximum absolute atomic E-state index is 12.6. The molecule has 19 heavy (non-hydrogen) atoms. The quantitative estimate of drug-likeness (QED) is 0.859. The van der Waals surface area contributed by atoms with Gasteiger partial charge < -0.3 is 10.3 Å². The summed E-state index contributed by atoms with van der Waals surface area (Å²) in [4.78, 5) is 4.06. The minimum atomic E-state index is -4.35. The Morgan fingerprint density at radius 3 is 2.58 bits per heavy atom. The van der Waals surface area contributed by atoms with Crippen LogP contribution in [0.1, 0.15) is 31.4 Å². The third kappa shape index (κ3) is 1.95. The second kappa shape index (κ2) is 3.88. The van der Waals surface area contributed by atoms with E-state index >= 15 is 0 Å². The highest BCUT2D eigenvalue weighted by Crippen LogP contribution is 2.41. The highest BCUT2D eigenvalue weighted by molar-refractivity contribution is 5.79. The minimum absolute atomic E-state index is 0.261. The summed E-state index contributed by atoms with van der Waals surface area (Å²) in [5, 5.41) is 0. The zero-order valence-electron chi connectivity index (χ0n) is 10.4. The number of fused-ring (bicyclic) bond motifs is 1. The normalized spacial score (nSPS) is 23.6. The summed E-state index contributed by atoms with van der Waals surface area (Å²) in [6, 6.07) is 3.87. The topological polar surface area (TPSA) is 43.8 Å². The van der Waals surface area contributed by atoms with Gasteiger partial charge in [0.05, 0.1) is 16.6 Å². The molecule has 1 aliphatic rings. The van der Waals surface area contributed by atoms with E-state index in [1.165, 1.54) is 6.07 Å². The number of halogens is 3. The van der Waals surface area contributed by atoms with Gasteiger partial charge in [0.2, 0.25) is 5.95 Å². The van der Waals surface area contributed by atoms with Crippen molar-refractivity contribution in [2.24, 2.45) is 5.92 Å². The van der Waals surface area contributed by atoms with Crippen molar-refractivity contribution in [2.75, 3.05) is 5.73 Å². The second-order valence-electron chi connectivity index (χ2n) is 5.27. The number of nitrogen functional groups attached to an aromatic ring is 1. The van der Waals surface area contributed by atoms with Gasteiger partial charge in [0.1, 0.15) is 0 Å². The molecule has 1 aromatic carbocycles. The highest BCUT2D eigenvalue weighted by atomic mass is 19.4. The molecule has 0 amide bonds. The van der Waals surface area contributed by atoms with Gasteiger partial charge in [-0.05, 0) is 37.0 Å². The molecule has 2 aromatic rings. The molecular weight excluding hydrogens is 255 g/mol. The molecule has 0 bridgehead atoms. The number of aromatic nitrogens is 2. The lowest BCUT2D eigenvalue weighted by atomic mass is 9.81. The smallest absolute Gasteiger partial charge is 0.369 e. The molecule has 3 rings (SSSR count). The Kier molecular flexibility index (Phi) is 2.52. The molecule has 1 aliphatic carbocycles. The molecule has 102 valence electrons. The van der Waals surface area contributed by atoms with Crippen LogP contribution < -0.4 is 5.73 Å². The predicted octanol–water partition coefficient (Wildman–Crippen LogP) is 3.61. The maximum atomic E-state index is 12.6. The summed E-state index contributed by atoms with van der Waals surface area (Å²) < 4.78 is 39.8. The van der Waals surface area contributed by atoms with Crippen molar-refractivity contribution in [1.82, 2.24) is 9.55 Å². The van der Waals surface area contributed by atoms with Crippen molar-refractivity contribution in [1.29, 1.82) is 0 Å². The molecule has 1 heterocycles. The Labute approximate surface area is 108 Å². The summed E-state index contributed by atoms with van der Waals surface area (Å²) in [5.41, 5.74) is 6.15. The molecule has 0 unspecified atom stereocenters. The van der Waals surface area contributed by atoms with Crippen molar-refractivity contribution in [3.63, 3.8) is 0 Å². The van der Waals surface area contributed by atoms with Gasteiger partial charge in [-0.3, -0.25) is 0 Å². The van der Waals surface area contributed by atoms with Crippen molar-refractivity contribution in [2.45, 2.75) is 32.0 Å². The van der Waals surface area contributed by atoms with Crippen LogP contribution in [0.25, 0.3) is 11.0 Å². The molecule has 0 aliphatic heterocycles. The molecule has 0 atom stereocenters. The third-order valence-electron chi connectivity index (χ3n) is 3.76. The predicted molar refractivity (Wildman–Crippen MR) is 66.6 cm³/mol. The Morgan fingerprint density at radius 2 is 2.00 bits per heavy atom. The summed E-state index contributed by atoms with van der Waals surface area (Å²) in [6.07, 6.45) is -2.36. The minimum Gasteiger partial charge on any atom is -0.369 e. The van der Waals surface area contributed by atoms with Gasteiger partial charge in [0.25, 0.3) is 0 Å². The van der Waals surface area contributed by atoms with E-state index in [0.717, 1.165) is 25.0 Å². The number of benzene rings is 1. The molecule has 1 aromatic heterocycles. The first-order valence-corrected chi connectivity index (χ1v) is 6.21. The molecule has 6 heteroatoms. The van der Waals surface area contributed by atoms with Crippen LogP contribution in [-0.2, 0) is 6.18 Å². The maximum Gasteiger partial charge on any atom is 0.416 e. The fraction of sp³-hybridized carbons (Fsp3) is 0.462. The van der Waals surface area contributed by atoms with Crippen molar-refractivity contribution < 1.29 is 13.2 Å². The first-order valence-electron chi connectivity index (χ1n) is 6.21. The van der Waals surface area contributed by atoms with E-state index in [1.54, 1.807) is 0 Å². The van der Waals surface area contributed by atoms with Gasteiger partial charge in [-0.25, -0.2) is 4.98 Å². The lowest BCUT2D eigenvalue weighted by Gasteiger charge is -2.34. The summed E-state index contributed by atoms with van der Waals surface area (Å²) in [6.45, 7) is 2.15. The van der Waals surface area contributed by atoms with Crippen molar-refractivity contribution in [3.8, 4) is 0 Å². The number of hydrogen-bond donors (Lipinski definition) is 1. The fourth-order valence-corrected chi connectivity index (χ4v) is 2.75. The zero-order chi connectivity index (χ0) is 13.8. The van der Waals surface area contributed by atoms with Gasteiger partial charge in [0, 0.05) is 6.04 Å². The zero-order valence-corrected chi connectivity index (χ0v) is 10.4. The number of anilines is 1. The number of rotatable bonds is 1. The molecular formula is C13H14F3N3.